The van der Waals surface area contributed by atoms with Crippen LogP contribution in [0.5, 0.6) is 0 Å². The van der Waals surface area contributed by atoms with Crippen LogP contribution < -0.4 is 10.6 Å². The molecule has 0 unspecified atom stereocenters. The monoisotopic (exact) mass is 348 g/mol. The fraction of sp³-hybridized carbons (Fsp3) is 0.471. The average molecular weight is 349 g/mol. The molecule has 1 aromatic carbocycles. The van der Waals surface area contributed by atoms with Gasteiger partial charge in [-0.15, -0.1) is 0 Å². The second kappa shape index (κ2) is 8.26. The molecule has 2 N–H and O–H groups in total. The SMILES string of the molecule is O=C(CCC1CCNCC1)NCc1nc(-c2ccc(Cl)cc2)no1. The predicted molar refractivity (Wildman–Crippen MR) is 91.4 cm³/mol. The molecule has 1 saturated heterocycles. The summed E-state index contributed by atoms with van der Waals surface area (Å²) in [6.45, 7) is 2.37. The zero-order chi connectivity index (χ0) is 16.8. The van der Waals surface area contributed by atoms with E-state index in [-0.39, 0.29) is 12.5 Å². The largest absolute Gasteiger partial charge is 0.347 e. The summed E-state index contributed by atoms with van der Waals surface area (Å²) < 4.78 is 5.18. The summed E-state index contributed by atoms with van der Waals surface area (Å²) in [5, 5.41) is 10.8. The molecule has 3 rings (SSSR count). The van der Waals surface area contributed by atoms with Gasteiger partial charge in [0.15, 0.2) is 0 Å². The number of nitrogens with one attached hydrogen (secondary N) is 2. The van der Waals surface area contributed by atoms with Crippen molar-refractivity contribution in [3.63, 3.8) is 0 Å². The highest BCUT2D eigenvalue weighted by molar-refractivity contribution is 6.30. The number of hydrogen-bond donors (Lipinski definition) is 2. The number of aromatic nitrogens is 2. The maximum atomic E-state index is 11.9. The molecule has 2 heterocycles. The lowest BCUT2D eigenvalue weighted by Crippen LogP contribution is -2.29. The smallest absolute Gasteiger partial charge is 0.246 e. The molecular weight excluding hydrogens is 328 g/mol. The van der Waals surface area contributed by atoms with Crippen molar-refractivity contribution in [2.45, 2.75) is 32.2 Å². The Morgan fingerprint density at radius 1 is 1.29 bits per heavy atom. The van der Waals surface area contributed by atoms with Crippen LogP contribution in [0.15, 0.2) is 28.8 Å². The van der Waals surface area contributed by atoms with Gasteiger partial charge >= 0.3 is 0 Å². The molecule has 1 aliphatic rings. The number of carbonyl (C=O) groups is 1. The minimum atomic E-state index is 0.0276. The van der Waals surface area contributed by atoms with Crippen molar-refractivity contribution in [1.82, 2.24) is 20.8 Å². The maximum absolute atomic E-state index is 11.9. The maximum Gasteiger partial charge on any atom is 0.246 e. The Kier molecular flexibility index (Phi) is 5.82. The first-order valence-corrected chi connectivity index (χ1v) is 8.64. The van der Waals surface area contributed by atoms with Crippen LogP contribution in [0.25, 0.3) is 11.4 Å². The van der Waals surface area contributed by atoms with E-state index in [0.717, 1.165) is 37.9 Å². The molecule has 1 amide bonds. The van der Waals surface area contributed by atoms with E-state index in [1.165, 1.54) is 0 Å². The number of benzene rings is 1. The van der Waals surface area contributed by atoms with Gasteiger partial charge in [0.25, 0.3) is 0 Å². The molecule has 128 valence electrons. The number of carbonyl (C=O) groups excluding carboxylic acids is 1. The van der Waals surface area contributed by atoms with Crippen LogP contribution in [-0.2, 0) is 11.3 Å². The summed E-state index contributed by atoms with van der Waals surface area (Å²) in [5.41, 5.74) is 0.826. The lowest BCUT2D eigenvalue weighted by molar-refractivity contribution is -0.121. The molecule has 7 heteroatoms. The predicted octanol–water partition coefficient (Wildman–Crippen LogP) is 2.79. The third kappa shape index (κ3) is 4.79. The number of halogens is 1. The topological polar surface area (TPSA) is 80.0 Å². The van der Waals surface area contributed by atoms with Crippen molar-refractivity contribution in [3.05, 3.63) is 35.2 Å². The van der Waals surface area contributed by atoms with Gasteiger partial charge < -0.3 is 15.2 Å². The number of nitrogens with zero attached hydrogens (tertiary/aromatic N) is 2. The van der Waals surface area contributed by atoms with E-state index in [1.54, 1.807) is 12.1 Å². The van der Waals surface area contributed by atoms with Crippen LogP contribution in [0.3, 0.4) is 0 Å². The van der Waals surface area contributed by atoms with Crippen LogP contribution in [0.4, 0.5) is 0 Å². The summed E-state index contributed by atoms with van der Waals surface area (Å²) in [5.74, 6) is 1.57. The van der Waals surface area contributed by atoms with Crippen molar-refractivity contribution < 1.29 is 9.32 Å². The van der Waals surface area contributed by atoms with E-state index in [9.17, 15) is 4.79 Å². The van der Waals surface area contributed by atoms with Crippen molar-refractivity contribution in [2.24, 2.45) is 5.92 Å². The number of rotatable bonds is 6. The minimum absolute atomic E-state index is 0.0276. The molecule has 0 radical (unpaired) electrons. The highest BCUT2D eigenvalue weighted by Crippen LogP contribution is 2.19. The molecule has 0 aliphatic carbocycles. The molecule has 0 bridgehead atoms. The summed E-state index contributed by atoms with van der Waals surface area (Å²) in [6, 6.07) is 7.20. The molecule has 1 aliphatic heterocycles. The van der Waals surface area contributed by atoms with Crippen molar-refractivity contribution in [2.75, 3.05) is 13.1 Å². The van der Waals surface area contributed by atoms with E-state index in [0.29, 0.717) is 29.1 Å². The molecule has 0 spiro atoms. The van der Waals surface area contributed by atoms with Crippen molar-refractivity contribution in [3.8, 4) is 11.4 Å². The Hall–Kier alpha value is -1.92. The molecule has 2 aromatic rings. The first-order chi connectivity index (χ1) is 11.7. The quantitative estimate of drug-likeness (QED) is 0.839. The molecular formula is C17H21ClN4O2. The molecule has 1 fully saturated rings. The first-order valence-electron chi connectivity index (χ1n) is 8.26. The van der Waals surface area contributed by atoms with E-state index in [4.69, 9.17) is 16.1 Å². The molecule has 0 atom stereocenters. The Morgan fingerprint density at radius 3 is 2.79 bits per heavy atom. The van der Waals surface area contributed by atoms with Crippen molar-refractivity contribution >= 4 is 17.5 Å². The third-order valence-electron chi connectivity index (χ3n) is 4.25. The highest BCUT2D eigenvalue weighted by Gasteiger charge is 2.15. The summed E-state index contributed by atoms with van der Waals surface area (Å²) in [6.07, 6.45) is 3.79. The van der Waals surface area contributed by atoms with Gasteiger partial charge in [0.2, 0.25) is 17.6 Å². The summed E-state index contributed by atoms with van der Waals surface area (Å²) in [4.78, 5) is 16.2. The van der Waals surface area contributed by atoms with Crippen LogP contribution >= 0.6 is 11.6 Å². The van der Waals surface area contributed by atoms with E-state index < -0.39 is 0 Å². The zero-order valence-corrected chi connectivity index (χ0v) is 14.2. The molecule has 24 heavy (non-hydrogen) atoms. The molecule has 6 nitrogen and oxygen atoms in total. The van der Waals surface area contributed by atoms with Gasteiger partial charge in [-0.1, -0.05) is 16.8 Å². The van der Waals surface area contributed by atoms with Gasteiger partial charge in [0.1, 0.15) is 0 Å². The molecule has 0 saturated carbocycles. The zero-order valence-electron chi connectivity index (χ0n) is 13.4. The van der Waals surface area contributed by atoms with Gasteiger partial charge in [0.05, 0.1) is 6.54 Å². The number of hydrogen-bond acceptors (Lipinski definition) is 5. The molecule has 1 aromatic heterocycles. The van der Waals surface area contributed by atoms with Gasteiger partial charge in [-0.2, -0.15) is 4.98 Å². The van der Waals surface area contributed by atoms with Crippen LogP contribution in [-0.4, -0.2) is 29.1 Å². The lowest BCUT2D eigenvalue weighted by atomic mass is 9.93. The highest BCUT2D eigenvalue weighted by atomic mass is 35.5. The normalized spacial score (nSPS) is 15.4. The number of piperidine rings is 1. The van der Waals surface area contributed by atoms with Crippen molar-refractivity contribution in [1.29, 1.82) is 0 Å². The second-order valence-corrected chi connectivity index (χ2v) is 6.46. The number of amides is 1. The van der Waals surface area contributed by atoms with Crippen LogP contribution in [0.1, 0.15) is 31.6 Å². The van der Waals surface area contributed by atoms with Crippen LogP contribution in [0.2, 0.25) is 5.02 Å². The first kappa shape index (κ1) is 16.9. The van der Waals surface area contributed by atoms with E-state index in [2.05, 4.69) is 20.8 Å². The average Bonchev–Trinajstić information content (AvgIpc) is 3.09. The fourth-order valence-corrected chi connectivity index (χ4v) is 2.94. The Balaban J connectivity index is 1.44. The Bertz CT molecular complexity index is 665. The van der Waals surface area contributed by atoms with Gasteiger partial charge in [-0.25, -0.2) is 0 Å². The van der Waals surface area contributed by atoms with Crippen LogP contribution in [0, 0.1) is 5.92 Å². The van der Waals surface area contributed by atoms with Gasteiger partial charge in [0, 0.05) is 17.0 Å². The van der Waals surface area contributed by atoms with Gasteiger partial charge in [-0.3, -0.25) is 4.79 Å². The second-order valence-electron chi connectivity index (χ2n) is 6.03. The third-order valence-corrected chi connectivity index (χ3v) is 4.50. The minimum Gasteiger partial charge on any atom is -0.347 e. The Morgan fingerprint density at radius 2 is 2.04 bits per heavy atom. The van der Waals surface area contributed by atoms with Gasteiger partial charge in [-0.05, 0) is 62.5 Å². The standard InChI is InChI=1S/C17H21ClN4O2/c18-14-4-2-13(3-5-14)17-21-16(24-22-17)11-20-15(23)6-1-12-7-9-19-10-8-12/h2-5,12,19H,1,6-11H2,(H,20,23). The Labute approximate surface area is 146 Å². The summed E-state index contributed by atoms with van der Waals surface area (Å²) >= 11 is 5.86. The lowest BCUT2D eigenvalue weighted by Gasteiger charge is -2.22. The van der Waals surface area contributed by atoms with E-state index in [1.807, 2.05) is 12.1 Å². The fourth-order valence-electron chi connectivity index (χ4n) is 2.81. The van der Waals surface area contributed by atoms with E-state index >= 15 is 0 Å². The summed E-state index contributed by atoms with van der Waals surface area (Å²) in [7, 11) is 0.